The summed E-state index contributed by atoms with van der Waals surface area (Å²) in [5, 5.41) is 3.96. The number of amides is 1. The molecule has 1 amide bonds. The monoisotopic (exact) mass is 382 g/mol. The van der Waals surface area contributed by atoms with Gasteiger partial charge in [-0.05, 0) is 32.8 Å². The third-order valence-corrected chi connectivity index (χ3v) is 4.88. The molecule has 146 valence electrons. The van der Waals surface area contributed by atoms with Crippen molar-refractivity contribution in [2.24, 2.45) is 0 Å². The van der Waals surface area contributed by atoms with Crippen LogP contribution in [0.5, 0.6) is 5.95 Å². The summed E-state index contributed by atoms with van der Waals surface area (Å²) in [6.45, 7) is 5.51. The number of furan rings is 1. The van der Waals surface area contributed by atoms with Gasteiger partial charge in [-0.25, -0.2) is 9.97 Å². The second-order valence-corrected chi connectivity index (χ2v) is 6.77. The fraction of sp³-hybridized carbons (Fsp3) is 0.400. The standard InChI is InChI=1S/C20H22N4O4/c1-3-26-18-5-4-16(27-18)20(25)24-8-6-14(7-9-24)19-15(11-21-12-22-19)17-10-13(2)23-28-17/h4-5,10-12,14H,3,6-9H2,1-2H3. The highest BCUT2D eigenvalue weighted by Crippen LogP contribution is 2.34. The van der Waals surface area contributed by atoms with Gasteiger partial charge in [0.25, 0.3) is 11.9 Å². The van der Waals surface area contributed by atoms with Crippen molar-refractivity contribution in [1.82, 2.24) is 20.0 Å². The molecule has 1 fully saturated rings. The molecule has 8 nitrogen and oxygen atoms in total. The summed E-state index contributed by atoms with van der Waals surface area (Å²) in [7, 11) is 0. The van der Waals surface area contributed by atoms with E-state index in [2.05, 4.69) is 15.1 Å². The van der Waals surface area contributed by atoms with E-state index in [-0.39, 0.29) is 11.8 Å². The molecule has 3 aromatic rings. The second kappa shape index (κ2) is 7.84. The van der Waals surface area contributed by atoms with Gasteiger partial charge in [0, 0.05) is 37.3 Å². The van der Waals surface area contributed by atoms with Crippen molar-refractivity contribution < 1.29 is 18.5 Å². The van der Waals surface area contributed by atoms with E-state index in [9.17, 15) is 4.79 Å². The molecule has 1 aliphatic heterocycles. The van der Waals surface area contributed by atoms with E-state index in [1.807, 2.05) is 24.8 Å². The minimum Gasteiger partial charge on any atom is -0.465 e. The van der Waals surface area contributed by atoms with Gasteiger partial charge in [0.1, 0.15) is 6.33 Å². The number of hydrogen-bond donors (Lipinski definition) is 0. The molecule has 0 bridgehead atoms. The predicted octanol–water partition coefficient (Wildman–Crippen LogP) is 3.45. The summed E-state index contributed by atoms with van der Waals surface area (Å²) in [6, 6.07) is 5.22. The maximum absolute atomic E-state index is 12.7. The van der Waals surface area contributed by atoms with E-state index < -0.39 is 0 Å². The predicted molar refractivity (Wildman–Crippen MR) is 100 cm³/mol. The molecular weight excluding hydrogens is 360 g/mol. The van der Waals surface area contributed by atoms with Crippen molar-refractivity contribution in [1.29, 1.82) is 0 Å². The molecule has 4 heterocycles. The molecule has 0 aliphatic carbocycles. The maximum atomic E-state index is 12.7. The normalized spacial score (nSPS) is 15.0. The lowest BCUT2D eigenvalue weighted by molar-refractivity contribution is 0.0672. The average molecular weight is 382 g/mol. The van der Waals surface area contributed by atoms with Crippen molar-refractivity contribution in [3.05, 3.63) is 47.9 Å². The Kier molecular flexibility index (Phi) is 5.10. The Bertz CT molecular complexity index is 957. The van der Waals surface area contributed by atoms with Crippen molar-refractivity contribution in [3.8, 4) is 17.3 Å². The van der Waals surface area contributed by atoms with Gasteiger partial charge in [-0.2, -0.15) is 0 Å². The number of aryl methyl sites for hydroxylation is 1. The quantitative estimate of drug-likeness (QED) is 0.667. The van der Waals surface area contributed by atoms with Crippen molar-refractivity contribution >= 4 is 5.91 Å². The van der Waals surface area contributed by atoms with Crippen LogP contribution in [-0.2, 0) is 0 Å². The topological polar surface area (TPSA) is 94.5 Å². The molecule has 1 saturated heterocycles. The summed E-state index contributed by atoms with van der Waals surface area (Å²) >= 11 is 0. The van der Waals surface area contributed by atoms with Crippen molar-refractivity contribution in [3.63, 3.8) is 0 Å². The first-order valence-electron chi connectivity index (χ1n) is 9.41. The molecule has 28 heavy (non-hydrogen) atoms. The summed E-state index contributed by atoms with van der Waals surface area (Å²) in [4.78, 5) is 23.1. The molecule has 0 N–H and O–H groups in total. The van der Waals surface area contributed by atoms with E-state index >= 15 is 0 Å². The first-order valence-corrected chi connectivity index (χ1v) is 9.41. The van der Waals surface area contributed by atoms with Crippen LogP contribution >= 0.6 is 0 Å². The van der Waals surface area contributed by atoms with Crippen LogP contribution < -0.4 is 4.74 Å². The largest absolute Gasteiger partial charge is 0.465 e. The average Bonchev–Trinajstić information content (AvgIpc) is 3.37. The second-order valence-electron chi connectivity index (χ2n) is 6.77. The van der Waals surface area contributed by atoms with E-state index in [0.29, 0.717) is 37.2 Å². The molecule has 1 aliphatic rings. The highest BCUT2D eigenvalue weighted by molar-refractivity contribution is 5.91. The molecule has 3 aromatic heterocycles. The van der Waals surface area contributed by atoms with Crippen LogP contribution in [0.15, 0.2) is 39.7 Å². The molecule has 0 atom stereocenters. The molecule has 0 radical (unpaired) electrons. The fourth-order valence-corrected chi connectivity index (χ4v) is 3.51. The smallest absolute Gasteiger partial charge is 0.289 e. The van der Waals surface area contributed by atoms with Crippen LogP contribution in [-0.4, -0.2) is 45.6 Å². The Morgan fingerprint density at radius 2 is 2.14 bits per heavy atom. The van der Waals surface area contributed by atoms with E-state index in [0.717, 1.165) is 29.8 Å². The van der Waals surface area contributed by atoms with Gasteiger partial charge in [-0.3, -0.25) is 4.79 Å². The van der Waals surface area contributed by atoms with Gasteiger partial charge in [-0.15, -0.1) is 0 Å². The van der Waals surface area contributed by atoms with Crippen LogP contribution in [0.2, 0.25) is 0 Å². The van der Waals surface area contributed by atoms with E-state index in [1.54, 1.807) is 24.7 Å². The maximum Gasteiger partial charge on any atom is 0.289 e. The van der Waals surface area contributed by atoms with E-state index in [1.165, 1.54) is 0 Å². The van der Waals surface area contributed by atoms with Crippen LogP contribution in [0.1, 0.15) is 47.6 Å². The zero-order valence-corrected chi connectivity index (χ0v) is 15.9. The molecular formula is C20H22N4O4. The SMILES string of the molecule is CCOc1ccc(C(=O)N2CCC(c3ncncc3-c3cc(C)no3)CC2)o1. The Hall–Kier alpha value is -3.16. The molecule has 0 spiro atoms. The Morgan fingerprint density at radius 3 is 2.86 bits per heavy atom. The van der Waals surface area contributed by atoms with Crippen LogP contribution in [0, 0.1) is 6.92 Å². The van der Waals surface area contributed by atoms with Gasteiger partial charge in [0.15, 0.2) is 11.5 Å². The summed E-state index contributed by atoms with van der Waals surface area (Å²) in [6.07, 6.45) is 4.93. The number of piperidine rings is 1. The summed E-state index contributed by atoms with van der Waals surface area (Å²) in [5.74, 6) is 1.46. The minimum absolute atomic E-state index is 0.113. The lowest BCUT2D eigenvalue weighted by Crippen LogP contribution is -2.38. The first kappa shape index (κ1) is 18.2. The number of likely N-dealkylation sites (tertiary alicyclic amines) is 1. The molecule has 0 saturated carbocycles. The van der Waals surface area contributed by atoms with E-state index in [4.69, 9.17) is 13.7 Å². The number of aromatic nitrogens is 3. The minimum atomic E-state index is -0.113. The molecule has 0 aromatic carbocycles. The van der Waals surface area contributed by atoms with Crippen molar-refractivity contribution in [2.45, 2.75) is 32.6 Å². The number of nitrogens with zero attached hydrogens (tertiary/aromatic N) is 4. The van der Waals surface area contributed by atoms with Gasteiger partial charge < -0.3 is 18.6 Å². The third-order valence-electron chi connectivity index (χ3n) is 4.88. The third kappa shape index (κ3) is 3.62. The molecule has 0 unspecified atom stereocenters. The number of carbonyl (C=O) groups is 1. The van der Waals surface area contributed by atoms with Gasteiger partial charge >= 0.3 is 0 Å². The van der Waals surface area contributed by atoms with Gasteiger partial charge in [0.2, 0.25) is 0 Å². The zero-order chi connectivity index (χ0) is 19.5. The Morgan fingerprint density at radius 1 is 1.32 bits per heavy atom. The number of hydrogen-bond acceptors (Lipinski definition) is 7. The van der Waals surface area contributed by atoms with Gasteiger partial charge in [-0.1, -0.05) is 5.16 Å². The number of carbonyl (C=O) groups excluding carboxylic acids is 1. The highest BCUT2D eigenvalue weighted by Gasteiger charge is 2.29. The highest BCUT2D eigenvalue weighted by atomic mass is 16.6. The molecule has 8 heteroatoms. The lowest BCUT2D eigenvalue weighted by Gasteiger charge is -2.31. The van der Waals surface area contributed by atoms with Crippen LogP contribution in [0.3, 0.4) is 0 Å². The van der Waals surface area contributed by atoms with Crippen LogP contribution in [0.4, 0.5) is 0 Å². The lowest BCUT2D eigenvalue weighted by atomic mass is 9.90. The van der Waals surface area contributed by atoms with Gasteiger partial charge in [0.05, 0.1) is 23.6 Å². The first-order chi connectivity index (χ1) is 13.7. The van der Waals surface area contributed by atoms with Crippen molar-refractivity contribution in [2.75, 3.05) is 19.7 Å². The molecule has 4 rings (SSSR count). The Labute approximate surface area is 162 Å². The van der Waals surface area contributed by atoms with Crippen LogP contribution in [0.25, 0.3) is 11.3 Å². The fourth-order valence-electron chi connectivity index (χ4n) is 3.51. The number of ether oxygens (including phenoxy) is 1. The number of rotatable bonds is 5. The summed E-state index contributed by atoms with van der Waals surface area (Å²) in [5.41, 5.74) is 2.62. The summed E-state index contributed by atoms with van der Waals surface area (Å²) < 4.78 is 16.2. The Balaban J connectivity index is 1.45. The zero-order valence-electron chi connectivity index (χ0n) is 15.9.